The molecule has 5 rings (SSSR count). The minimum absolute atomic E-state index is 0.0421. The maximum Gasteiger partial charge on any atom is 0.238 e. The normalized spacial score (nSPS) is 14.1. The minimum Gasteiger partial charge on any atom is -0.497 e. The molecule has 36 heavy (non-hydrogen) atoms. The highest BCUT2D eigenvalue weighted by Crippen LogP contribution is 2.33. The average Bonchev–Trinajstić information content (AvgIpc) is 2.93. The van der Waals surface area contributed by atoms with Crippen molar-refractivity contribution in [3.63, 3.8) is 0 Å². The predicted octanol–water partition coefficient (Wildman–Crippen LogP) is 4.02. The van der Waals surface area contributed by atoms with Crippen molar-refractivity contribution in [1.82, 2.24) is 19.9 Å². The van der Waals surface area contributed by atoms with Crippen LogP contribution in [0.3, 0.4) is 0 Å². The number of hydrogen-bond donors (Lipinski definition) is 1. The lowest BCUT2D eigenvalue weighted by atomic mass is 10.0. The van der Waals surface area contributed by atoms with Gasteiger partial charge in [0.15, 0.2) is 0 Å². The maximum absolute atomic E-state index is 13.1. The lowest BCUT2D eigenvalue weighted by Crippen LogP contribution is -2.48. The van der Waals surface area contributed by atoms with Gasteiger partial charge in [0, 0.05) is 61.6 Å². The Bertz CT molecular complexity index is 1350. The van der Waals surface area contributed by atoms with Crippen LogP contribution in [-0.4, -0.2) is 65.6 Å². The van der Waals surface area contributed by atoms with E-state index in [1.165, 1.54) is 0 Å². The van der Waals surface area contributed by atoms with Gasteiger partial charge in [0.05, 0.1) is 19.3 Å². The molecule has 1 N–H and O–H groups in total. The number of aromatic nitrogens is 3. The molecule has 0 bridgehead atoms. The smallest absolute Gasteiger partial charge is 0.238 e. The van der Waals surface area contributed by atoms with Crippen LogP contribution in [0.1, 0.15) is 12.7 Å². The fraction of sp³-hybridized carbons (Fsp3) is 0.286. The van der Waals surface area contributed by atoms with Crippen LogP contribution >= 0.6 is 0 Å². The Morgan fingerprint density at radius 1 is 1.00 bits per heavy atom. The molecule has 0 radical (unpaired) electrons. The second-order valence-corrected chi connectivity index (χ2v) is 8.82. The number of hydrogen-bond acceptors (Lipinski definition) is 7. The largest absolute Gasteiger partial charge is 0.497 e. The third-order valence-corrected chi connectivity index (χ3v) is 6.47. The molecule has 0 atom stereocenters. The van der Waals surface area contributed by atoms with Gasteiger partial charge in [-0.25, -0.2) is 15.0 Å². The number of carbonyl (C=O) groups is 1. The molecular weight excluding hydrogens is 452 g/mol. The van der Waals surface area contributed by atoms with Crippen molar-refractivity contribution in [3.05, 3.63) is 72.8 Å². The average molecular weight is 483 g/mol. The number of nitrogens with one attached hydrogen (secondary N) is 1. The lowest BCUT2D eigenvalue weighted by molar-refractivity contribution is -0.117. The van der Waals surface area contributed by atoms with E-state index in [4.69, 9.17) is 4.74 Å². The summed E-state index contributed by atoms with van der Waals surface area (Å²) in [6.07, 6.45) is 4.35. The highest BCUT2D eigenvalue weighted by atomic mass is 16.5. The summed E-state index contributed by atoms with van der Waals surface area (Å²) >= 11 is 0. The molecule has 0 aliphatic carbocycles. The van der Waals surface area contributed by atoms with Crippen LogP contribution in [0.4, 0.5) is 11.5 Å². The van der Waals surface area contributed by atoms with Crippen molar-refractivity contribution in [3.8, 4) is 17.0 Å². The van der Waals surface area contributed by atoms with Crippen molar-refractivity contribution < 1.29 is 9.53 Å². The molecular formula is C28H30N6O2. The maximum atomic E-state index is 13.1. The van der Waals surface area contributed by atoms with Crippen molar-refractivity contribution in [2.45, 2.75) is 13.3 Å². The molecule has 2 aromatic heterocycles. The Kier molecular flexibility index (Phi) is 7.04. The number of aryl methyl sites for hydroxylation is 1. The standard InChI is InChI=1S/C28H30N6O2/c1-3-26-29-11-9-24(31-26)21-16-20-7-8-22(36-2)18-23(20)25(17-21)32-28(35)19-33-12-14-34(15-13-33)27-6-4-5-10-30-27/h4-11,16-18H,3,12-15,19H2,1-2H3,(H,32,35). The summed E-state index contributed by atoms with van der Waals surface area (Å²) in [5.41, 5.74) is 2.51. The van der Waals surface area contributed by atoms with Crippen molar-refractivity contribution >= 4 is 28.2 Å². The molecule has 8 nitrogen and oxygen atoms in total. The van der Waals surface area contributed by atoms with Crippen molar-refractivity contribution in [1.29, 1.82) is 0 Å². The molecule has 4 aromatic rings. The molecule has 8 heteroatoms. The number of ether oxygens (including phenoxy) is 1. The van der Waals surface area contributed by atoms with E-state index < -0.39 is 0 Å². The van der Waals surface area contributed by atoms with Crippen LogP contribution in [0, 0.1) is 0 Å². The third kappa shape index (κ3) is 5.28. The van der Waals surface area contributed by atoms with Gasteiger partial charge in [-0.2, -0.15) is 0 Å². The van der Waals surface area contributed by atoms with Gasteiger partial charge < -0.3 is 15.0 Å². The van der Waals surface area contributed by atoms with Gasteiger partial charge in [0.25, 0.3) is 0 Å². The predicted molar refractivity (Wildman–Crippen MR) is 142 cm³/mol. The first-order chi connectivity index (χ1) is 17.6. The Morgan fingerprint density at radius 2 is 1.86 bits per heavy atom. The molecule has 3 heterocycles. The zero-order chi connectivity index (χ0) is 24.9. The number of benzene rings is 2. The van der Waals surface area contributed by atoms with E-state index in [-0.39, 0.29) is 5.91 Å². The number of methoxy groups -OCH3 is 1. The van der Waals surface area contributed by atoms with Crippen LogP contribution in [0.15, 0.2) is 67.0 Å². The van der Waals surface area contributed by atoms with Gasteiger partial charge in [-0.05, 0) is 47.9 Å². The molecule has 0 unspecified atom stereocenters. The molecule has 1 amide bonds. The number of pyridine rings is 1. The highest BCUT2D eigenvalue weighted by Gasteiger charge is 2.20. The SMILES string of the molecule is CCc1nccc(-c2cc(NC(=O)CN3CCN(c4ccccn4)CC3)c3cc(OC)ccc3c2)n1. The van der Waals surface area contributed by atoms with Gasteiger partial charge in [0.2, 0.25) is 5.91 Å². The fourth-order valence-corrected chi connectivity index (χ4v) is 4.51. The van der Waals surface area contributed by atoms with Crippen LogP contribution in [-0.2, 0) is 11.2 Å². The summed E-state index contributed by atoms with van der Waals surface area (Å²) in [6.45, 7) is 5.66. The van der Waals surface area contributed by atoms with E-state index in [1.807, 2.05) is 61.7 Å². The van der Waals surface area contributed by atoms with Crippen LogP contribution in [0.2, 0.25) is 0 Å². The molecule has 2 aromatic carbocycles. The Morgan fingerprint density at radius 3 is 2.61 bits per heavy atom. The van der Waals surface area contributed by atoms with Gasteiger partial charge in [-0.1, -0.05) is 19.1 Å². The van der Waals surface area contributed by atoms with E-state index in [9.17, 15) is 4.79 Å². The molecule has 1 fully saturated rings. The number of carbonyl (C=O) groups excluding carboxylic acids is 1. The van der Waals surface area contributed by atoms with E-state index in [2.05, 4.69) is 36.1 Å². The second kappa shape index (κ2) is 10.7. The molecule has 0 saturated carbocycles. The summed E-state index contributed by atoms with van der Waals surface area (Å²) < 4.78 is 5.44. The Hall–Kier alpha value is -4.04. The van der Waals surface area contributed by atoms with Crippen LogP contribution in [0.25, 0.3) is 22.0 Å². The van der Waals surface area contributed by atoms with E-state index in [1.54, 1.807) is 13.3 Å². The number of piperazine rings is 1. The van der Waals surface area contributed by atoms with Gasteiger partial charge in [0.1, 0.15) is 17.4 Å². The Labute approximate surface area is 211 Å². The molecule has 1 aliphatic rings. The van der Waals surface area contributed by atoms with Gasteiger partial charge in [-0.15, -0.1) is 0 Å². The minimum atomic E-state index is -0.0421. The molecule has 184 valence electrons. The zero-order valence-electron chi connectivity index (χ0n) is 20.6. The number of amides is 1. The summed E-state index contributed by atoms with van der Waals surface area (Å²) in [6, 6.07) is 17.8. The zero-order valence-corrected chi connectivity index (χ0v) is 20.6. The summed E-state index contributed by atoms with van der Waals surface area (Å²) in [5, 5.41) is 5.09. The van der Waals surface area contributed by atoms with Crippen molar-refractivity contribution in [2.75, 3.05) is 50.1 Å². The second-order valence-electron chi connectivity index (χ2n) is 8.82. The fourth-order valence-electron chi connectivity index (χ4n) is 4.51. The van der Waals surface area contributed by atoms with Crippen LogP contribution < -0.4 is 15.0 Å². The third-order valence-electron chi connectivity index (χ3n) is 6.47. The van der Waals surface area contributed by atoms with E-state index in [0.717, 1.165) is 77.7 Å². The van der Waals surface area contributed by atoms with E-state index in [0.29, 0.717) is 6.54 Å². The first-order valence-corrected chi connectivity index (χ1v) is 12.2. The van der Waals surface area contributed by atoms with Crippen LogP contribution in [0.5, 0.6) is 5.75 Å². The first-order valence-electron chi connectivity index (χ1n) is 12.2. The number of anilines is 2. The summed E-state index contributed by atoms with van der Waals surface area (Å²) in [4.78, 5) is 31.0. The topological polar surface area (TPSA) is 83.5 Å². The number of rotatable bonds is 7. The first kappa shape index (κ1) is 23.7. The monoisotopic (exact) mass is 482 g/mol. The lowest BCUT2D eigenvalue weighted by Gasteiger charge is -2.35. The van der Waals surface area contributed by atoms with E-state index >= 15 is 0 Å². The van der Waals surface area contributed by atoms with Gasteiger partial charge >= 0.3 is 0 Å². The summed E-state index contributed by atoms with van der Waals surface area (Å²) in [7, 11) is 1.64. The number of fused-ring (bicyclic) bond motifs is 1. The quantitative estimate of drug-likeness (QED) is 0.426. The molecule has 1 saturated heterocycles. The van der Waals surface area contributed by atoms with Gasteiger partial charge in [-0.3, -0.25) is 9.69 Å². The Balaban J connectivity index is 1.35. The number of nitrogens with zero attached hydrogens (tertiary/aromatic N) is 5. The van der Waals surface area contributed by atoms with Crippen molar-refractivity contribution in [2.24, 2.45) is 0 Å². The summed E-state index contributed by atoms with van der Waals surface area (Å²) in [5.74, 6) is 2.47. The highest BCUT2D eigenvalue weighted by molar-refractivity contribution is 6.05. The molecule has 0 spiro atoms. The molecule has 1 aliphatic heterocycles.